The van der Waals surface area contributed by atoms with Crippen LogP contribution in [-0.4, -0.2) is 42.9 Å². The quantitative estimate of drug-likeness (QED) is 0.186. The number of azo groups is 2. The molecule has 0 aromatic heterocycles. The number of rotatable bonds is 11. The smallest absolute Gasteiger partial charge is 0.269 e. The molecule has 0 saturated heterocycles. The van der Waals surface area contributed by atoms with E-state index in [1.807, 2.05) is 18.9 Å². The SMILES string of the molecule is CCN(C)c1cc(CO)c(N=Nc2cc(CO)c(N=Nc3ccc([N+](=O)[O-])cc3)cc2OC)cc1OC. The van der Waals surface area contributed by atoms with Crippen LogP contribution in [0, 0.1) is 10.1 Å². The molecule has 0 heterocycles. The van der Waals surface area contributed by atoms with E-state index in [-0.39, 0.29) is 18.9 Å². The highest BCUT2D eigenvalue weighted by Gasteiger charge is 2.14. The summed E-state index contributed by atoms with van der Waals surface area (Å²) in [4.78, 5) is 12.3. The van der Waals surface area contributed by atoms with Crippen molar-refractivity contribution in [2.45, 2.75) is 20.1 Å². The minimum atomic E-state index is -0.499. The van der Waals surface area contributed by atoms with E-state index >= 15 is 0 Å². The average Bonchev–Trinajstić information content (AvgIpc) is 2.93. The van der Waals surface area contributed by atoms with Gasteiger partial charge in [-0.1, -0.05) is 0 Å². The van der Waals surface area contributed by atoms with Gasteiger partial charge in [-0.25, -0.2) is 0 Å². The van der Waals surface area contributed by atoms with Crippen molar-refractivity contribution >= 4 is 34.1 Å². The van der Waals surface area contributed by atoms with Crippen LogP contribution in [0.4, 0.5) is 34.1 Å². The van der Waals surface area contributed by atoms with Crippen LogP contribution in [0.1, 0.15) is 18.1 Å². The molecule has 12 nitrogen and oxygen atoms in total. The Hall–Kier alpha value is -4.42. The third kappa shape index (κ3) is 6.42. The van der Waals surface area contributed by atoms with E-state index in [2.05, 4.69) is 20.5 Å². The van der Waals surface area contributed by atoms with E-state index in [0.29, 0.717) is 45.4 Å². The Morgan fingerprint density at radius 1 is 0.838 bits per heavy atom. The Bertz CT molecular complexity index is 1310. The van der Waals surface area contributed by atoms with Gasteiger partial charge in [0.1, 0.15) is 17.2 Å². The first kappa shape index (κ1) is 27.2. The van der Waals surface area contributed by atoms with Crippen LogP contribution < -0.4 is 14.4 Å². The first-order valence-electron chi connectivity index (χ1n) is 11.3. The van der Waals surface area contributed by atoms with Crippen molar-refractivity contribution in [2.24, 2.45) is 20.5 Å². The molecule has 37 heavy (non-hydrogen) atoms. The Morgan fingerprint density at radius 3 is 1.92 bits per heavy atom. The fourth-order valence-electron chi connectivity index (χ4n) is 3.38. The minimum absolute atomic E-state index is 0.0552. The predicted octanol–water partition coefficient (Wildman–Crippen LogP) is 5.88. The first-order valence-corrected chi connectivity index (χ1v) is 11.3. The summed E-state index contributed by atoms with van der Waals surface area (Å²) in [5, 5.41) is 47.5. The van der Waals surface area contributed by atoms with Crippen molar-refractivity contribution in [1.82, 2.24) is 0 Å². The summed E-state index contributed by atoms with van der Waals surface area (Å²) in [7, 11) is 4.94. The van der Waals surface area contributed by atoms with Crippen LogP contribution in [0.2, 0.25) is 0 Å². The normalized spacial score (nSPS) is 11.3. The monoisotopic (exact) mass is 508 g/mol. The van der Waals surface area contributed by atoms with E-state index in [1.165, 1.54) is 31.4 Å². The first-order chi connectivity index (χ1) is 17.8. The number of anilines is 1. The summed E-state index contributed by atoms with van der Waals surface area (Å²) in [6.07, 6.45) is 0. The van der Waals surface area contributed by atoms with E-state index in [0.717, 1.165) is 12.2 Å². The molecule has 0 amide bonds. The summed E-state index contributed by atoms with van der Waals surface area (Å²) < 4.78 is 10.9. The van der Waals surface area contributed by atoms with Gasteiger partial charge < -0.3 is 24.6 Å². The molecule has 3 aromatic rings. The topological polar surface area (TPSA) is 155 Å². The molecule has 0 aliphatic heterocycles. The maximum absolute atomic E-state index is 10.8. The van der Waals surface area contributed by atoms with Gasteiger partial charge in [-0.15, -0.1) is 10.2 Å². The highest BCUT2D eigenvalue weighted by atomic mass is 16.6. The van der Waals surface area contributed by atoms with Crippen molar-refractivity contribution < 1.29 is 24.6 Å². The summed E-state index contributed by atoms with van der Waals surface area (Å²) in [5.41, 5.74) is 3.23. The number of hydrogen-bond acceptors (Lipinski definition) is 11. The molecule has 0 aliphatic carbocycles. The van der Waals surface area contributed by atoms with Crippen LogP contribution in [0.5, 0.6) is 11.5 Å². The standard InChI is InChI=1S/C25H28N6O6/c1-5-30(2)23-11-17(15-33)21(13-25(23)37-4)28-29-22-10-16(14-32)20(12-24(22)36-3)27-26-18-6-8-19(9-7-18)31(34)35/h6-13,32-33H,5,14-15H2,1-4H3. The summed E-state index contributed by atoms with van der Waals surface area (Å²) in [5.74, 6) is 0.916. The average molecular weight is 509 g/mol. The second-order valence-electron chi connectivity index (χ2n) is 7.81. The lowest BCUT2D eigenvalue weighted by Crippen LogP contribution is -2.17. The molecule has 194 valence electrons. The van der Waals surface area contributed by atoms with Crippen molar-refractivity contribution in [3.05, 3.63) is 69.8 Å². The van der Waals surface area contributed by atoms with Crippen molar-refractivity contribution in [2.75, 3.05) is 32.7 Å². The van der Waals surface area contributed by atoms with Gasteiger partial charge >= 0.3 is 0 Å². The fourth-order valence-corrected chi connectivity index (χ4v) is 3.38. The third-order valence-corrected chi connectivity index (χ3v) is 5.59. The molecule has 3 rings (SSSR count). The maximum atomic E-state index is 10.8. The van der Waals surface area contributed by atoms with Crippen LogP contribution in [0.3, 0.4) is 0 Å². The van der Waals surface area contributed by atoms with Gasteiger partial charge in [-0.05, 0) is 31.2 Å². The van der Waals surface area contributed by atoms with E-state index in [4.69, 9.17) is 9.47 Å². The van der Waals surface area contributed by atoms with Crippen LogP contribution in [0.25, 0.3) is 0 Å². The Balaban J connectivity index is 1.96. The van der Waals surface area contributed by atoms with Gasteiger partial charge in [0.2, 0.25) is 0 Å². The molecule has 0 unspecified atom stereocenters. The molecule has 0 atom stereocenters. The number of aliphatic hydroxyl groups excluding tert-OH is 2. The second kappa shape index (κ2) is 12.5. The van der Waals surface area contributed by atoms with Gasteiger partial charge in [0, 0.05) is 49.0 Å². The predicted molar refractivity (Wildman–Crippen MR) is 138 cm³/mol. The molecule has 0 spiro atoms. The van der Waals surface area contributed by atoms with Gasteiger partial charge in [-0.3, -0.25) is 10.1 Å². The number of nitro groups is 1. The highest BCUT2D eigenvalue weighted by Crippen LogP contribution is 2.39. The Labute approximate surface area is 213 Å². The largest absolute Gasteiger partial charge is 0.495 e. The van der Waals surface area contributed by atoms with Crippen molar-refractivity contribution in [1.29, 1.82) is 0 Å². The summed E-state index contributed by atoms with van der Waals surface area (Å²) in [6.45, 7) is 2.15. The van der Waals surface area contributed by atoms with Gasteiger partial charge in [0.05, 0.1) is 55.1 Å². The minimum Gasteiger partial charge on any atom is -0.495 e. The lowest BCUT2D eigenvalue weighted by Gasteiger charge is -2.21. The van der Waals surface area contributed by atoms with Crippen LogP contribution >= 0.6 is 0 Å². The Morgan fingerprint density at radius 2 is 1.38 bits per heavy atom. The molecule has 3 aromatic carbocycles. The Kier molecular flexibility index (Phi) is 9.19. The zero-order valence-electron chi connectivity index (χ0n) is 21.0. The number of ether oxygens (including phenoxy) is 2. The number of aliphatic hydroxyl groups is 2. The number of methoxy groups -OCH3 is 2. The molecular weight excluding hydrogens is 480 g/mol. The number of nitrogens with zero attached hydrogens (tertiary/aromatic N) is 6. The summed E-state index contributed by atoms with van der Waals surface area (Å²) >= 11 is 0. The number of benzene rings is 3. The van der Waals surface area contributed by atoms with Crippen molar-refractivity contribution in [3.8, 4) is 11.5 Å². The molecular formula is C25H28N6O6. The summed E-state index contributed by atoms with van der Waals surface area (Å²) in [6, 6.07) is 12.2. The van der Waals surface area contributed by atoms with Gasteiger partial charge in [0.15, 0.2) is 0 Å². The molecule has 0 aliphatic rings. The lowest BCUT2D eigenvalue weighted by molar-refractivity contribution is -0.384. The number of hydrogen-bond donors (Lipinski definition) is 2. The van der Waals surface area contributed by atoms with Crippen LogP contribution in [0.15, 0.2) is 69.0 Å². The number of non-ortho nitro benzene ring substituents is 1. The van der Waals surface area contributed by atoms with Crippen molar-refractivity contribution in [3.63, 3.8) is 0 Å². The molecule has 2 N–H and O–H groups in total. The van der Waals surface area contributed by atoms with E-state index in [1.54, 1.807) is 31.4 Å². The maximum Gasteiger partial charge on any atom is 0.269 e. The van der Waals surface area contributed by atoms with E-state index in [9.17, 15) is 20.3 Å². The lowest BCUT2D eigenvalue weighted by atomic mass is 10.1. The fraction of sp³-hybridized carbons (Fsp3) is 0.280. The third-order valence-electron chi connectivity index (χ3n) is 5.59. The second-order valence-corrected chi connectivity index (χ2v) is 7.81. The molecule has 0 radical (unpaired) electrons. The van der Waals surface area contributed by atoms with E-state index < -0.39 is 4.92 Å². The highest BCUT2D eigenvalue weighted by molar-refractivity contribution is 5.67. The molecule has 0 fully saturated rings. The van der Waals surface area contributed by atoms with Gasteiger partial charge in [0.25, 0.3) is 5.69 Å². The molecule has 0 bridgehead atoms. The van der Waals surface area contributed by atoms with Crippen LogP contribution in [-0.2, 0) is 13.2 Å². The molecule has 0 saturated carbocycles. The zero-order valence-corrected chi connectivity index (χ0v) is 21.0. The number of nitro benzene ring substituents is 1. The zero-order chi connectivity index (χ0) is 26.9. The molecule has 12 heteroatoms. The van der Waals surface area contributed by atoms with Gasteiger partial charge in [-0.2, -0.15) is 10.2 Å².